The molecule has 1 aromatic heterocycles. The van der Waals surface area contributed by atoms with Crippen molar-refractivity contribution < 1.29 is 9.53 Å². The predicted octanol–water partition coefficient (Wildman–Crippen LogP) is 6.94. The van der Waals surface area contributed by atoms with E-state index in [2.05, 4.69) is 81.9 Å². The third kappa shape index (κ3) is 4.51. The molecule has 37 heavy (non-hydrogen) atoms. The molecule has 4 aliphatic rings. The zero-order valence-electron chi connectivity index (χ0n) is 21.8. The van der Waals surface area contributed by atoms with Crippen molar-refractivity contribution in [2.75, 3.05) is 7.11 Å². The van der Waals surface area contributed by atoms with Crippen LogP contribution in [0.5, 0.6) is 5.75 Å². The van der Waals surface area contributed by atoms with Crippen LogP contribution in [0.2, 0.25) is 0 Å². The van der Waals surface area contributed by atoms with E-state index in [1.54, 1.807) is 31.0 Å². The zero-order chi connectivity index (χ0) is 25.7. The summed E-state index contributed by atoms with van der Waals surface area (Å²) in [5, 5.41) is 4.24. The Balaban J connectivity index is 1.18. The molecule has 4 fully saturated rings. The highest BCUT2D eigenvalue weighted by Gasteiger charge is 2.51. The van der Waals surface area contributed by atoms with E-state index < -0.39 is 0 Å². The van der Waals surface area contributed by atoms with Crippen molar-refractivity contribution >= 4 is 34.7 Å². The lowest BCUT2D eigenvalue weighted by Gasteiger charge is -2.57. The quantitative estimate of drug-likeness (QED) is 0.188. The summed E-state index contributed by atoms with van der Waals surface area (Å²) >= 11 is 2.18. The molecule has 0 aliphatic heterocycles. The fourth-order valence-corrected chi connectivity index (χ4v) is 8.33. The molecule has 0 radical (unpaired) electrons. The van der Waals surface area contributed by atoms with Gasteiger partial charge >= 0.3 is 0 Å². The smallest absolute Gasteiger partial charge is 0.271 e. The lowest BCUT2D eigenvalue weighted by molar-refractivity contribution is -0.00518. The summed E-state index contributed by atoms with van der Waals surface area (Å²) in [6.45, 7) is 4.22. The van der Waals surface area contributed by atoms with Gasteiger partial charge in [0.15, 0.2) is 0 Å². The molecule has 2 aromatic carbocycles. The number of amides is 1. The molecule has 1 heterocycles. The van der Waals surface area contributed by atoms with E-state index in [9.17, 15) is 4.79 Å². The lowest BCUT2D eigenvalue weighted by Crippen LogP contribution is -2.48. The number of aromatic nitrogens is 1. The highest BCUT2D eigenvalue weighted by atomic mass is 127. The van der Waals surface area contributed by atoms with Gasteiger partial charge < -0.3 is 9.30 Å². The van der Waals surface area contributed by atoms with Gasteiger partial charge in [0.25, 0.3) is 5.91 Å². The Hall–Kier alpha value is -2.61. The van der Waals surface area contributed by atoms with Gasteiger partial charge in [-0.15, -0.1) is 0 Å². The Kier molecular flexibility index (Phi) is 6.42. The highest BCUT2D eigenvalue weighted by Crippen LogP contribution is 2.60. The molecule has 4 aliphatic carbocycles. The van der Waals surface area contributed by atoms with Gasteiger partial charge in [-0.1, -0.05) is 12.1 Å². The molecule has 1 N–H and O–H groups in total. The SMILES string of the molecule is COc1cc(C(=O)N/N=C\c2cc(C)n(-c3ccc(C45CC6CC(CC(C6)C4)C5)cc3)c2C)ccc1I. The summed E-state index contributed by atoms with van der Waals surface area (Å²) in [7, 11) is 1.60. The van der Waals surface area contributed by atoms with Gasteiger partial charge in [-0.2, -0.15) is 5.10 Å². The maximum absolute atomic E-state index is 12.6. The van der Waals surface area contributed by atoms with E-state index in [4.69, 9.17) is 4.74 Å². The molecule has 1 amide bonds. The van der Waals surface area contributed by atoms with E-state index in [-0.39, 0.29) is 5.91 Å². The second-order valence-electron chi connectivity index (χ2n) is 11.5. The van der Waals surface area contributed by atoms with Crippen molar-refractivity contribution in [1.29, 1.82) is 0 Å². The summed E-state index contributed by atoms with van der Waals surface area (Å²) < 4.78 is 8.55. The maximum Gasteiger partial charge on any atom is 0.271 e. The van der Waals surface area contributed by atoms with Gasteiger partial charge in [0.05, 0.1) is 16.9 Å². The number of carbonyl (C=O) groups excluding carboxylic acids is 1. The van der Waals surface area contributed by atoms with Crippen LogP contribution >= 0.6 is 22.6 Å². The van der Waals surface area contributed by atoms with Crippen LogP contribution in [-0.2, 0) is 5.41 Å². The number of hydrogen-bond donors (Lipinski definition) is 1. The molecule has 5 nitrogen and oxygen atoms in total. The van der Waals surface area contributed by atoms with Crippen molar-refractivity contribution in [2.24, 2.45) is 22.9 Å². The zero-order valence-corrected chi connectivity index (χ0v) is 23.9. The maximum atomic E-state index is 12.6. The van der Waals surface area contributed by atoms with Crippen LogP contribution < -0.4 is 10.2 Å². The first-order chi connectivity index (χ1) is 17.8. The Labute approximate surface area is 232 Å². The molecule has 6 heteroatoms. The monoisotopic (exact) mass is 607 g/mol. The van der Waals surface area contributed by atoms with Crippen LogP contribution in [0.15, 0.2) is 53.6 Å². The fraction of sp³-hybridized carbons (Fsp3) is 0.419. The normalized spacial score (nSPS) is 26.1. The third-order valence-electron chi connectivity index (χ3n) is 9.03. The van der Waals surface area contributed by atoms with Crippen LogP contribution in [0.3, 0.4) is 0 Å². The molecule has 0 spiro atoms. The average Bonchev–Trinajstić information content (AvgIpc) is 3.16. The first-order valence-electron chi connectivity index (χ1n) is 13.3. The van der Waals surface area contributed by atoms with Gasteiger partial charge in [0.2, 0.25) is 0 Å². The lowest BCUT2D eigenvalue weighted by atomic mass is 9.48. The van der Waals surface area contributed by atoms with Gasteiger partial charge in [-0.25, -0.2) is 5.43 Å². The molecule has 0 atom stereocenters. The van der Waals surface area contributed by atoms with Gasteiger partial charge in [0.1, 0.15) is 5.75 Å². The van der Waals surface area contributed by atoms with Crippen LogP contribution in [0.4, 0.5) is 0 Å². The van der Waals surface area contributed by atoms with Gasteiger partial charge in [0, 0.05) is 28.2 Å². The van der Waals surface area contributed by atoms with E-state index in [1.165, 1.54) is 44.2 Å². The molecular weight excluding hydrogens is 573 g/mol. The third-order valence-corrected chi connectivity index (χ3v) is 9.92. The molecule has 0 unspecified atom stereocenters. The number of benzene rings is 2. The number of hydrazone groups is 1. The van der Waals surface area contributed by atoms with Crippen LogP contribution in [0.25, 0.3) is 5.69 Å². The Morgan fingerprint density at radius 1 is 1.03 bits per heavy atom. The van der Waals surface area contributed by atoms with E-state index in [0.29, 0.717) is 16.7 Å². The molecule has 4 bridgehead atoms. The number of nitrogens with zero attached hydrogens (tertiary/aromatic N) is 2. The van der Waals surface area contributed by atoms with Crippen molar-refractivity contribution in [3.8, 4) is 11.4 Å². The standard InChI is InChI=1S/C31H34IN3O2/c1-19-10-25(18-33-34-30(36)24-4-9-28(32)29(14-24)37-3)20(2)35(19)27-7-5-26(6-8-27)31-15-21-11-22(16-31)13-23(12-21)17-31/h4-10,14,18,21-23H,11-13,15-17H2,1-3H3,(H,34,36)/b33-18-. The van der Waals surface area contributed by atoms with Gasteiger partial charge in [-0.05, 0) is 140 Å². The summed E-state index contributed by atoms with van der Waals surface area (Å²) in [5.74, 6) is 3.27. The number of nitrogens with one attached hydrogen (secondary N) is 1. The number of ether oxygens (including phenoxy) is 1. The predicted molar refractivity (Wildman–Crippen MR) is 156 cm³/mol. The number of halogens is 1. The van der Waals surface area contributed by atoms with Crippen molar-refractivity contribution in [2.45, 2.75) is 57.8 Å². The van der Waals surface area contributed by atoms with Crippen LogP contribution in [-0.4, -0.2) is 23.8 Å². The highest BCUT2D eigenvalue weighted by molar-refractivity contribution is 14.1. The van der Waals surface area contributed by atoms with Gasteiger partial charge in [-0.3, -0.25) is 4.79 Å². The number of carbonyl (C=O) groups is 1. The average molecular weight is 608 g/mol. The summed E-state index contributed by atoms with van der Waals surface area (Å²) in [6.07, 6.45) is 10.3. The fourth-order valence-electron chi connectivity index (χ4n) is 7.77. The first kappa shape index (κ1) is 24.7. The van der Waals surface area contributed by atoms with Crippen molar-refractivity contribution in [1.82, 2.24) is 9.99 Å². The minimum absolute atomic E-state index is 0.264. The van der Waals surface area contributed by atoms with E-state index in [1.807, 2.05) is 6.07 Å². The largest absolute Gasteiger partial charge is 0.496 e. The van der Waals surface area contributed by atoms with Crippen molar-refractivity contribution in [3.05, 3.63) is 80.2 Å². The second-order valence-corrected chi connectivity index (χ2v) is 12.6. The number of hydrogen-bond acceptors (Lipinski definition) is 3. The minimum Gasteiger partial charge on any atom is -0.496 e. The topological polar surface area (TPSA) is 55.6 Å². The summed E-state index contributed by atoms with van der Waals surface area (Å²) in [5.41, 5.74) is 9.55. The molecule has 0 saturated heterocycles. The number of aryl methyl sites for hydroxylation is 1. The van der Waals surface area contributed by atoms with E-state index >= 15 is 0 Å². The summed E-state index contributed by atoms with van der Waals surface area (Å²) in [6, 6.07) is 16.8. The van der Waals surface area contributed by atoms with Crippen LogP contribution in [0, 0.1) is 35.2 Å². The van der Waals surface area contributed by atoms with E-state index in [0.717, 1.165) is 38.3 Å². The molecule has 3 aromatic rings. The Bertz CT molecular complexity index is 1340. The number of rotatable bonds is 6. The number of methoxy groups -OCH3 is 1. The molecular formula is C31H34IN3O2. The molecule has 4 saturated carbocycles. The summed E-state index contributed by atoms with van der Waals surface area (Å²) in [4.78, 5) is 12.6. The molecule has 192 valence electrons. The first-order valence-corrected chi connectivity index (χ1v) is 14.4. The Morgan fingerprint density at radius 2 is 1.68 bits per heavy atom. The second kappa shape index (κ2) is 9.61. The van der Waals surface area contributed by atoms with Crippen molar-refractivity contribution in [3.63, 3.8) is 0 Å². The van der Waals surface area contributed by atoms with Crippen LogP contribution in [0.1, 0.15) is 71.4 Å². The molecule has 7 rings (SSSR count). The Morgan fingerprint density at radius 3 is 2.30 bits per heavy atom. The minimum atomic E-state index is -0.264.